The Morgan fingerprint density at radius 3 is 2.87 bits per heavy atom. The minimum absolute atomic E-state index is 0.614. The number of rotatable bonds is 2. The minimum Gasteiger partial charge on any atom is -0.378 e. The van der Waals surface area contributed by atoms with Crippen molar-refractivity contribution in [1.29, 1.82) is 5.26 Å². The van der Waals surface area contributed by atoms with Gasteiger partial charge < -0.3 is 9.64 Å². The van der Waals surface area contributed by atoms with Gasteiger partial charge in [-0.05, 0) is 18.2 Å². The standard InChI is InChI=1S/C17H15N5O/c18-11-12-10-15(22-6-8-23-9-7-22)21-16-13(12)3-5-20-17(16)14-2-1-4-19-14/h1-3,5,10H,4,6-9H2. The zero-order valence-corrected chi connectivity index (χ0v) is 12.6. The molecule has 4 rings (SSSR count). The normalized spacial score (nSPS) is 17.3. The number of allylic oxidation sites excluding steroid dienone is 1. The van der Waals surface area contributed by atoms with E-state index in [4.69, 9.17) is 9.72 Å². The molecule has 4 heterocycles. The van der Waals surface area contributed by atoms with Gasteiger partial charge in [0.15, 0.2) is 0 Å². The summed E-state index contributed by atoms with van der Waals surface area (Å²) in [6.45, 7) is 3.58. The highest BCUT2D eigenvalue weighted by molar-refractivity contribution is 6.15. The lowest BCUT2D eigenvalue weighted by Gasteiger charge is -2.28. The molecule has 1 fully saturated rings. The van der Waals surface area contributed by atoms with E-state index in [0.717, 1.165) is 41.2 Å². The first-order valence-corrected chi connectivity index (χ1v) is 7.61. The fourth-order valence-electron chi connectivity index (χ4n) is 2.89. The van der Waals surface area contributed by atoms with Crippen molar-refractivity contribution in [2.45, 2.75) is 0 Å². The number of pyridine rings is 2. The van der Waals surface area contributed by atoms with Gasteiger partial charge in [-0.25, -0.2) is 4.98 Å². The monoisotopic (exact) mass is 305 g/mol. The highest BCUT2D eigenvalue weighted by Crippen LogP contribution is 2.25. The van der Waals surface area contributed by atoms with Crippen molar-refractivity contribution in [2.75, 3.05) is 37.7 Å². The maximum atomic E-state index is 9.53. The Balaban J connectivity index is 1.91. The Kier molecular flexibility index (Phi) is 3.48. The van der Waals surface area contributed by atoms with E-state index in [0.29, 0.717) is 25.3 Å². The second-order valence-electron chi connectivity index (χ2n) is 5.42. The average Bonchev–Trinajstić information content (AvgIpc) is 3.15. The van der Waals surface area contributed by atoms with E-state index >= 15 is 0 Å². The van der Waals surface area contributed by atoms with Crippen molar-refractivity contribution in [1.82, 2.24) is 9.97 Å². The van der Waals surface area contributed by atoms with Crippen molar-refractivity contribution >= 4 is 22.4 Å². The molecule has 0 spiro atoms. The van der Waals surface area contributed by atoms with E-state index < -0.39 is 0 Å². The van der Waals surface area contributed by atoms with E-state index in [9.17, 15) is 5.26 Å². The van der Waals surface area contributed by atoms with Gasteiger partial charge >= 0.3 is 0 Å². The van der Waals surface area contributed by atoms with Crippen LogP contribution < -0.4 is 4.90 Å². The summed E-state index contributed by atoms with van der Waals surface area (Å²) in [6.07, 6.45) is 5.66. The van der Waals surface area contributed by atoms with Crippen LogP contribution in [0.25, 0.3) is 10.9 Å². The fourth-order valence-corrected chi connectivity index (χ4v) is 2.89. The van der Waals surface area contributed by atoms with Gasteiger partial charge in [0.05, 0.1) is 37.1 Å². The molecular formula is C17H15N5O. The topological polar surface area (TPSA) is 74.4 Å². The Bertz CT molecular complexity index is 859. The molecule has 2 aromatic rings. The number of hydrogen-bond acceptors (Lipinski definition) is 6. The van der Waals surface area contributed by atoms with Crippen molar-refractivity contribution in [3.63, 3.8) is 0 Å². The van der Waals surface area contributed by atoms with E-state index in [1.807, 2.05) is 24.3 Å². The first-order valence-electron chi connectivity index (χ1n) is 7.61. The van der Waals surface area contributed by atoms with Gasteiger partial charge in [0.25, 0.3) is 0 Å². The Hall–Kier alpha value is -2.78. The maximum Gasteiger partial charge on any atom is 0.130 e. The maximum absolute atomic E-state index is 9.53. The van der Waals surface area contributed by atoms with Gasteiger partial charge in [0.2, 0.25) is 0 Å². The molecule has 0 aromatic carbocycles. The van der Waals surface area contributed by atoms with Gasteiger partial charge in [-0.15, -0.1) is 0 Å². The molecule has 2 aromatic heterocycles. The van der Waals surface area contributed by atoms with Crippen molar-refractivity contribution in [2.24, 2.45) is 4.99 Å². The first-order chi connectivity index (χ1) is 11.4. The number of aromatic nitrogens is 2. The summed E-state index contributed by atoms with van der Waals surface area (Å²) >= 11 is 0. The fraction of sp³-hybridized carbons (Fsp3) is 0.294. The molecule has 23 heavy (non-hydrogen) atoms. The number of hydrogen-bond donors (Lipinski definition) is 0. The van der Waals surface area contributed by atoms with E-state index in [2.05, 4.69) is 20.9 Å². The van der Waals surface area contributed by atoms with Gasteiger partial charge in [-0.2, -0.15) is 5.26 Å². The molecule has 6 nitrogen and oxygen atoms in total. The molecular weight excluding hydrogens is 290 g/mol. The van der Waals surface area contributed by atoms with Gasteiger partial charge in [-0.1, -0.05) is 6.08 Å². The van der Waals surface area contributed by atoms with Gasteiger partial charge in [0.1, 0.15) is 17.0 Å². The zero-order valence-electron chi connectivity index (χ0n) is 12.6. The molecule has 0 unspecified atom stereocenters. The predicted molar refractivity (Wildman–Crippen MR) is 87.8 cm³/mol. The van der Waals surface area contributed by atoms with Crippen LogP contribution in [0.1, 0.15) is 11.3 Å². The average molecular weight is 305 g/mol. The van der Waals surface area contributed by atoms with E-state index in [1.165, 1.54) is 0 Å². The molecule has 0 amide bonds. The molecule has 0 radical (unpaired) electrons. The van der Waals surface area contributed by atoms with E-state index in [1.54, 1.807) is 6.20 Å². The van der Waals surface area contributed by atoms with Crippen LogP contribution in [-0.4, -0.2) is 48.5 Å². The van der Waals surface area contributed by atoms with Gasteiger partial charge in [-0.3, -0.25) is 9.98 Å². The second kappa shape index (κ2) is 5.78. The molecule has 114 valence electrons. The summed E-state index contributed by atoms with van der Waals surface area (Å²) in [6, 6.07) is 5.97. The number of aliphatic imine (C=N–C) groups is 1. The molecule has 0 bridgehead atoms. The van der Waals surface area contributed by atoms with E-state index in [-0.39, 0.29) is 0 Å². The van der Waals surface area contributed by atoms with Crippen LogP contribution in [-0.2, 0) is 4.74 Å². The molecule has 0 N–H and O–H groups in total. The number of anilines is 1. The lowest BCUT2D eigenvalue weighted by molar-refractivity contribution is 0.122. The third-order valence-corrected chi connectivity index (χ3v) is 4.06. The molecule has 2 aliphatic heterocycles. The molecule has 6 heteroatoms. The Morgan fingerprint density at radius 2 is 2.13 bits per heavy atom. The molecule has 1 saturated heterocycles. The molecule has 0 aliphatic carbocycles. The third kappa shape index (κ3) is 2.45. The third-order valence-electron chi connectivity index (χ3n) is 4.06. The lowest BCUT2D eigenvalue weighted by atomic mass is 10.1. The molecule has 0 atom stereocenters. The number of nitrogens with zero attached hydrogens (tertiary/aromatic N) is 5. The molecule has 2 aliphatic rings. The van der Waals surface area contributed by atoms with Crippen molar-refractivity contribution in [3.05, 3.63) is 41.7 Å². The van der Waals surface area contributed by atoms with Crippen LogP contribution in [0.4, 0.5) is 5.82 Å². The first kappa shape index (κ1) is 13.9. The van der Waals surface area contributed by atoms with Gasteiger partial charge in [0, 0.05) is 24.7 Å². The van der Waals surface area contributed by atoms with Crippen molar-refractivity contribution in [3.8, 4) is 6.07 Å². The van der Waals surface area contributed by atoms with Crippen LogP contribution in [0, 0.1) is 11.3 Å². The second-order valence-corrected chi connectivity index (χ2v) is 5.42. The summed E-state index contributed by atoms with van der Waals surface area (Å²) in [7, 11) is 0. The summed E-state index contributed by atoms with van der Waals surface area (Å²) < 4.78 is 5.40. The summed E-state index contributed by atoms with van der Waals surface area (Å²) in [5.74, 6) is 0.800. The number of fused-ring (bicyclic) bond motifs is 1. The Morgan fingerprint density at radius 1 is 1.26 bits per heavy atom. The highest BCUT2D eigenvalue weighted by atomic mass is 16.5. The van der Waals surface area contributed by atoms with Crippen LogP contribution in [0.5, 0.6) is 0 Å². The minimum atomic E-state index is 0.614. The summed E-state index contributed by atoms with van der Waals surface area (Å²) in [5.41, 5.74) is 2.91. The van der Waals surface area contributed by atoms with Crippen LogP contribution >= 0.6 is 0 Å². The highest BCUT2D eigenvalue weighted by Gasteiger charge is 2.18. The number of ether oxygens (including phenoxy) is 1. The zero-order chi connectivity index (χ0) is 15.6. The quantitative estimate of drug-likeness (QED) is 0.844. The summed E-state index contributed by atoms with van der Waals surface area (Å²) in [4.78, 5) is 15.8. The van der Waals surface area contributed by atoms with Crippen LogP contribution in [0.15, 0.2) is 35.5 Å². The van der Waals surface area contributed by atoms with Crippen LogP contribution in [0.2, 0.25) is 0 Å². The Labute approximate surface area is 133 Å². The number of nitriles is 1. The van der Waals surface area contributed by atoms with Crippen molar-refractivity contribution < 1.29 is 4.74 Å². The smallest absolute Gasteiger partial charge is 0.130 e. The SMILES string of the molecule is N#Cc1cc(N2CCOCC2)nc2c(C3=NCC=C3)nccc12. The largest absolute Gasteiger partial charge is 0.378 e. The summed E-state index contributed by atoms with van der Waals surface area (Å²) in [5, 5.41) is 10.3. The lowest BCUT2D eigenvalue weighted by Crippen LogP contribution is -2.36. The molecule has 0 saturated carbocycles. The van der Waals surface area contributed by atoms with Crippen LogP contribution in [0.3, 0.4) is 0 Å². The number of morpholine rings is 1. The predicted octanol–water partition coefficient (Wildman–Crippen LogP) is 1.70.